The molecule has 15 nitrogen and oxygen atoms in total. The zero-order valence-corrected chi connectivity index (χ0v) is 41.8. The van der Waals surface area contributed by atoms with Gasteiger partial charge in [-0.15, -0.1) is 0 Å². The number of benzene rings is 2. The third-order valence-electron chi connectivity index (χ3n) is 18.0. The zero-order valence-electron chi connectivity index (χ0n) is 41.8. The van der Waals surface area contributed by atoms with Crippen LogP contribution >= 0.6 is 0 Å². The van der Waals surface area contributed by atoms with Gasteiger partial charge in [0.15, 0.2) is 5.82 Å². The molecule has 5 amide bonds. The van der Waals surface area contributed by atoms with Crippen LogP contribution in [0.5, 0.6) is 0 Å². The summed E-state index contributed by atoms with van der Waals surface area (Å²) in [6, 6.07) is 18.0. The van der Waals surface area contributed by atoms with E-state index in [1.807, 2.05) is 47.3 Å². The summed E-state index contributed by atoms with van der Waals surface area (Å²) >= 11 is 0. The number of carbonyl (C=O) groups excluding carboxylic acids is 5. The second-order valence-electron chi connectivity index (χ2n) is 23.0. The van der Waals surface area contributed by atoms with Crippen LogP contribution in [0.4, 0.5) is 17.2 Å². The lowest BCUT2D eigenvalue weighted by Gasteiger charge is -2.48. The number of aromatic nitrogens is 3. The molecule has 2 aliphatic carbocycles. The van der Waals surface area contributed by atoms with Crippen LogP contribution in [0, 0.1) is 11.3 Å². The number of amides is 5. The Labute approximate surface area is 417 Å². The summed E-state index contributed by atoms with van der Waals surface area (Å²) in [6.45, 7) is 12.2. The summed E-state index contributed by atoms with van der Waals surface area (Å²) in [6.07, 6.45) is 14.1. The largest absolute Gasteiger partial charge is 0.371 e. The summed E-state index contributed by atoms with van der Waals surface area (Å²) in [4.78, 5) is 89.2. The number of piperidine rings is 4. The van der Waals surface area contributed by atoms with Gasteiger partial charge < -0.3 is 34.4 Å². The van der Waals surface area contributed by atoms with Crippen LogP contribution < -0.4 is 20.4 Å². The van der Waals surface area contributed by atoms with Crippen LogP contribution in [0.2, 0.25) is 0 Å². The van der Waals surface area contributed by atoms with Crippen molar-refractivity contribution < 1.29 is 24.0 Å². The number of pyridine rings is 1. The molecule has 71 heavy (non-hydrogen) atoms. The maximum atomic E-state index is 15.3. The number of nitrogens with one attached hydrogen (secondary N) is 2. The van der Waals surface area contributed by atoms with Crippen molar-refractivity contribution in [3.05, 3.63) is 66.0 Å². The van der Waals surface area contributed by atoms with Crippen molar-refractivity contribution in [3.8, 4) is 11.3 Å². The number of anilines is 3. The molecule has 15 heteroatoms. The van der Waals surface area contributed by atoms with E-state index in [2.05, 4.69) is 68.0 Å². The van der Waals surface area contributed by atoms with Gasteiger partial charge >= 0.3 is 0 Å². The third-order valence-corrected chi connectivity index (χ3v) is 18.0. The zero-order chi connectivity index (χ0) is 48.8. The van der Waals surface area contributed by atoms with E-state index in [4.69, 9.17) is 9.97 Å². The molecule has 7 fully saturated rings. The minimum absolute atomic E-state index is 0.0901. The van der Waals surface area contributed by atoms with Gasteiger partial charge in [0, 0.05) is 92.7 Å². The summed E-state index contributed by atoms with van der Waals surface area (Å²) in [5.41, 5.74) is 6.47. The first kappa shape index (κ1) is 46.3. The molecule has 2 saturated carbocycles. The van der Waals surface area contributed by atoms with E-state index in [1.54, 1.807) is 0 Å². The Kier molecular flexibility index (Phi) is 11.7. The Morgan fingerprint density at radius 1 is 0.803 bits per heavy atom. The van der Waals surface area contributed by atoms with Crippen LogP contribution in [0.1, 0.15) is 134 Å². The number of likely N-dealkylation sites (tertiary alicyclic amines) is 3. The predicted molar refractivity (Wildman–Crippen MR) is 273 cm³/mol. The highest BCUT2D eigenvalue weighted by Crippen LogP contribution is 2.53. The molecule has 8 aliphatic rings. The molecule has 2 N–H and O–H groups in total. The van der Waals surface area contributed by atoms with E-state index in [0.717, 1.165) is 115 Å². The lowest BCUT2D eigenvalue weighted by Crippen LogP contribution is -2.59. The number of imidazole rings is 1. The van der Waals surface area contributed by atoms with E-state index in [1.165, 1.54) is 19.3 Å². The van der Waals surface area contributed by atoms with Gasteiger partial charge in [-0.05, 0) is 146 Å². The average Bonchev–Trinajstić information content (AvgIpc) is 3.84. The van der Waals surface area contributed by atoms with Crippen LogP contribution in [-0.4, -0.2) is 129 Å². The number of fused-ring (bicyclic) bond motifs is 3. The predicted octanol–water partition coefficient (Wildman–Crippen LogP) is 7.15. The summed E-state index contributed by atoms with van der Waals surface area (Å²) < 4.78 is 2.20. The SMILES string of the molecule is CC(C)n1cnc2cc(-c3ccc4c(c3)N([C@H]3C[C@@H](N5CCCCC5)C3)C(=O)C43CCN(C(=O)[C@]4(C)CCN(C(=O)C5CCN(c6ccc([C@@H]7CCC(=O)NC7=O)cc6)CC5)C4)CC3)nc(NC3CC3)c21. The Morgan fingerprint density at radius 3 is 2.24 bits per heavy atom. The first-order valence-corrected chi connectivity index (χ1v) is 27.0. The molecule has 1 spiro atoms. The fourth-order valence-corrected chi connectivity index (χ4v) is 13.4. The van der Waals surface area contributed by atoms with Gasteiger partial charge in [-0.2, -0.15) is 0 Å². The van der Waals surface area contributed by atoms with Crippen molar-refractivity contribution in [3.63, 3.8) is 0 Å². The van der Waals surface area contributed by atoms with Gasteiger partial charge in [-0.25, -0.2) is 9.97 Å². The molecule has 0 radical (unpaired) electrons. The van der Waals surface area contributed by atoms with E-state index < -0.39 is 10.8 Å². The topological polar surface area (TPSA) is 156 Å². The molecule has 2 aromatic heterocycles. The molecule has 5 saturated heterocycles. The first-order chi connectivity index (χ1) is 34.4. The van der Waals surface area contributed by atoms with E-state index in [0.29, 0.717) is 70.4 Å². The van der Waals surface area contributed by atoms with E-state index in [9.17, 15) is 19.2 Å². The second-order valence-corrected chi connectivity index (χ2v) is 23.0. The molecule has 12 rings (SSSR count). The molecule has 4 aromatic rings. The third kappa shape index (κ3) is 8.27. The molecule has 0 unspecified atom stereocenters. The second kappa shape index (κ2) is 18.0. The maximum absolute atomic E-state index is 15.3. The number of nitrogens with zero attached hydrogens (tertiary/aromatic N) is 8. The molecule has 8 heterocycles. The molecule has 374 valence electrons. The van der Waals surface area contributed by atoms with E-state index in [-0.39, 0.29) is 53.5 Å². The van der Waals surface area contributed by atoms with Crippen LogP contribution in [0.15, 0.2) is 54.9 Å². The van der Waals surface area contributed by atoms with Gasteiger partial charge in [0.05, 0.1) is 34.3 Å². The maximum Gasteiger partial charge on any atom is 0.238 e. The normalized spacial score (nSPS) is 27.2. The minimum Gasteiger partial charge on any atom is -0.371 e. The Balaban J connectivity index is 0.723. The number of rotatable bonds is 10. The minimum atomic E-state index is -0.698. The lowest BCUT2D eigenvalue weighted by molar-refractivity contribution is -0.145. The Hall–Kier alpha value is -5.83. The molecular weight excluding hydrogens is 893 g/mol. The molecule has 6 aliphatic heterocycles. The van der Waals surface area contributed by atoms with Gasteiger partial charge in [-0.1, -0.05) is 30.7 Å². The highest BCUT2D eigenvalue weighted by atomic mass is 16.2. The summed E-state index contributed by atoms with van der Waals surface area (Å²) in [5.74, 6) is 0.455. The molecular formula is C56H70N10O5. The van der Waals surface area contributed by atoms with Crippen LogP contribution in [0.25, 0.3) is 22.3 Å². The Bertz CT molecular complexity index is 2760. The smallest absolute Gasteiger partial charge is 0.238 e. The lowest BCUT2D eigenvalue weighted by atomic mass is 9.72. The molecule has 0 bridgehead atoms. The van der Waals surface area contributed by atoms with Gasteiger partial charge in [-0.3, -0.25) is 29.3 Å². The van der Waals surface area contributed by atoms with Crippen LogP contribution in [-0.2, 0) is 29.4 Å². The van der Waals surface area contributed by atoms with Crippen molar-refractivity contribution in [2.24, 2.45) is 11.3 Å². The van der Waals surface area contributed by atoms with Crippen molar-refractivity contribution in [2.75, 3.05) is 67.5 Å². The average molecular weight is 963 g/mol. The van der Waals surface area contributed by atoms with Gasteiger partial charge in [0.25, 0.3) is 0 Å². The summed E-state index contributed by atoms with van der Waals surface area (Å²) in [7, 11) is 0. The molecule has 2 aromatic carbocycles. The monoisotopic (exact) mass is 963 g/mol. The molecule has 2 atom stereocenters. The van der Waals surface area contributed by atoms with Gasteiger partial charge in [0.1, 0.15) is 5.52 Å². The fraction of sp³-hybridized carbons (Fsp3) is 0.589. The quantitative estimate of drug-likeness (QED) is 0.157. The van der Waals surface area contributed by atoms with Crippen molar-refractivity contribution in [2.45, 2.75) is 146 Å². The van der Waals surface area contributed by atoms with E-state index >= 15 is 4.79 Å². The Morgan fingerprint density at radius 2 is 1.54 bits per heavy atom. The standard InChI is InChI=1S/C56H70N10O5/c1-35(2)65-34-57-46-32-45(59-50(49(46)65)58-39-10-11-39)38-9-15-44-47(29-38)66(42-30-41(31-42)61-22-5-4-6-23-61)54(71)56(44)20-27-63(28-21-56)53(70)55(3)19-26-64(33-55)52(69)37-17-24-62(25-18-37)40-12-7-36(8-13-40)43-14-16-48(67)60-51(43)68/h7-9,12-13,15,29,32,34-35,37,39,41-43H,4-6,10-11,14,16-28,30-31,33H2,1-3H3,(H,58,59)(H,60,67,68)/t41-,42+,43-,55+/m0/s1. The number of hydrogen-bond donors (Lipinski definition) is 2. The summed E-state index contributed by atoms with van der Waals surface area (Å²) in [5, 5.41) is 6.16. The van der Waals surface area contributed by atoms with Crippen molar-refractivity contribution >= 4 is 57.8 Å². The highest BCUT2D eigenvalue weighted by molar-refractivity contribution is 6.09. The van der Waals surface area contributed by atoms with Crippen molar-refractivity contribution in [1.29, 1.82) is 0 Å². The number of carbonyl (C=O) groups is 5. The number of imide groups is 1. The van der Waals surface area contributed by atoms with Crippen LogP contribution in [0.3, 0.4) is 0 Å². The number of hydrogen-bond acceptors (Lipinski definition) is 10. The fourth-order valence-electron chi connectivity index (χ4n) is 13.4. The van der Waals surface area contributed by atoms with Crippen molar-refractivity contribution in [1.82, 2.24) is 34.6 Å². The first-order valence-electron chi connectivity index (χ1n) is 27.0. The van der Waals surface area contributed by atoms with Gasteiger partial charge in [0.2, 0.25) is 29.5 Å². The highest BCUT2D eigenvalue weighted by Gasteiger charge is 2.57.